The average Bonchev–Trinajstić information content (AvgIpc) is 3.21. The smallest absolute Gasteiger partial charge is 0.142 e. The summed E-state index contributed by atoms with van der Waals surface area (Å²) in [6.45, 7) is 3.53. The lowest BCUT2D eigenvalue weighted by molar-refractivity contribution is 0.173. The minimum Gasteiger partial charge on any atom is -0.392 e. The van der Waals surface area contributed by atoms with Gasteiger partial charge < -0.3 is 14.6 Å². The molecule has 2 aliphatic heterocycles. The normalized spacial score (nSPS) is 23.1. The van der Waals surface area contributed by atoms with Gasteiger partial charge >= 0.3 is 0 Å². The van der Waals surface area contributed by atoms with Crippen LogP contribution in [0.1, 0.15) is 6.42 Å². The highest BCUT2D eigenvalue weighted by Crippen LogP contribution is 2.33. The first-order valence-corrected chi connectivity index (χ1v) is 9.72. The Hall–Kier alpha value is -2.15. The number of hydrogen-bond acceptors (Lipinski definition) is 5. The first-order valence-electron chi connectivity index (χ1n) is 9.34. The molecule has 0 amide bonds. The number of para-hydroxylation sites is 2. The second kappa shape index (κ2) is 6.48. The average molecular weight is 384 g/mol. The minimum atomic E-state index is -0.205. The van der Waals surface area contributed by atoms with Crippen LogP contribution in [0.5, 0.6) is 0 Å². The van der Waals surface area contributed by atoms with Crippen LogP contribution in [-0.4, -0.2) is 62.9 Å². The fraction of sp³-hybridized carbons (Fsp3) is 0.400. The topological polar surface area (TPSA) is 57.4 Å². The van der Waals surface area contributed by atoms with E-state index in [-0.39, 0.29) is 6.10 Å². The van der Waals surface area contributed by atoms with Crippen LogP contribution >= 0.6 is 11.6 Å². The number of anilines is 1. The quantitative estimate of drug-likeness (QED) is 0.737. The highest BCUT2D eigenvalue weighted by molar-refractivity contribution is 6.33. The largest absolute Gasteiger partial charge is 0.392 e. The first-order chi connectivity index (χ1) is 13.1. The summed E-state index contributed by atoms with van der Waals surface area (Å²) in [6, 6.07) is 10.5. The molecule has 2 fully saturated rings. The number of aromatic nitrogens is 3. The van der Waals surface area contributed by atoms with Crippen LogP contribution < -0.4 is 4.90 Å². The molecule has 6 nitrogen and oxygen atoms in total. The van der Waals surface area contributed by atoms with E-state index in [9.17, 15) is 5.11 Å². The van der Waals surface area contributed by atoms with Gasteiger partial charge in [0.1, 0.15) is 11.6 Å². The van der Waals surface area contributed by atoms with Gasteiger partial charge in [-0.2, -0.15) is 0 Å². The maximum Gasteiger partial charge on any atom is 0.142 e. The second-order valence-corrected chi connectivity index (χ2v) is 7.90. The summed E-state index contributed by atoms with van der Waals surface area (Å²) in [4.78, 5) is 14.0. The third-order valence-corrected chi connectivity index (χ3v) is 6.09. The maximum absolute atomic E-state index is 9.94. The van der Waals surface area contributed by atoms with E-state index >= 15 is 0 Å². The minimum absolute atomic E-state index is 0.205. The molecule has 27 heavy (non-hydrogen) atoms. The summed E-state index contributed by atoms with van der Waals surface area (Å²) >= 11 is 6.50. The van der Waals surface area contributed by atoms with Crippen LogP contribution in [0.2, 0.25) is 5.02 Å². The molecule has 4 heterocycles. The maximum atomic E-state index is 9.94. The van der Waals surface area contributed by atoms with Gasteiger partial charge in [0, 0.05) is 51.0 Å². The first kappa shape index (κ1) is 17.0. The van der Waals surface area contributed by atoms with Gasteiger partial charge in [-0.3, -0.25) is 4.90 Å². The Bertz CT molecular complexity index is 1000. The second-order valence-electron chi connectivity index (χ2n) is 7.49. The fourth-order valence-electron chi connectivity index (χ4n) is 4.38. The lowest BCUT2D eigenvalue weighted by Gasteiger charge is -2.38. The van der Waals surface area contributed by atoms with E-state index in [1.54, 1.807) is 6.20 Å². The van der Waals surface area contributed by atoms with Crippen molar-refractivity contribution in [1.82, 2.24) is 19.4 Å². The van der Waals surface area contributed by atoms with Gasteiger partial charge in [0.2, 0.25) is 0 Å². The summed E-state index contributed by atoms with van der Waals surface area (Å²) in [7, 11) is 2.01. The van der Waals surface area contributed by atoms with Crippen molar-refractivity contribution < 1.29 is 5.11 Å². The molecule has 0 spiro atoms. The number of aliphatic hydroxyl groups is 1. The SMILES string of the molecule is Cn1c(-c2cc(N3CCN4C[C@H](O)C[C@@H]4C3)ncc2Cl)nc2ccccc21. The number of pyridine rings is 1. The molecule has 1 aromatic carbocycles. The Morgan fingerprint density at radius 3 is 2.89 bits per heavy atom. The standard InChI is InChI=1S/C20H22ClN5O/c1-24-18-5-3-2-4-17(18)23-20(24)15-9-19(22-10-16(15)21)26-7-6-25-12-14(27)8-13(25)11-26/h2-5,9-10,13-14,27H,6-8,11-12H2,1H3/t13-,14-/m1/s1. The van der Waals surface area contributed by atoms with E-state index < -0.39 is 0 Å². The number of aryl methyl sites for hydroxylation is 1. The van der Waals surface area contributed by atoms with Crippen LogP contribution in [0, 0.1) is 0 Å². The highest BCUT2D eigenvalue weighted by Gasteiger charge is 2.35. The number of nitrogens with zero attached hydrogens (tertiary/aromatic N) is 5. The van der Waals surface area contributed by atoms with E-state index in [0.717, 1.165) is 60.8 Å². The van der Waals surface area contributed by atoms with Crippen molar-refractivity contribution in [2.75, 3.05) is 31.1 Å². The summed E-state index contributed by atoms with van der Waals surface area (Å²) in [6.07, 6.45) is 2.35. The van der Waals surface area contributed by atoms with Crippen LogP contribution in [0.3, 0.4) is 0 Å². The Balaban J connectivity index is 1.50. The Morgan fingerprint density at radius 1 is 1.19 bits per heavy atom. The number of halogens is 1. The summed E-state index contributed by atoms with van der Waals surface area (Å²) in [5.41, 5.74) is 2.93. The molecule has 7 heteroatoms. The van der Waals surface area contributed by atoms with Gasteiger partial charge in [0.05, 0.1) is 22.2 Å². The van der Waals surface area contributed by atoms with E-state index in [0.29, 0.717) is 11.1 Å². The molecule has 3 aromatic rings. The molecule has 2 atom stereocenters. The van der Waals surface area contributed by atoms with E-state index in [1.165, 1.54) is 0 Å². The Morgan fingerprint density at radius 2 is 2.04 bits per heavy atom. The molecule has 0 saturated carbocycles. The summed E-state index contributed by atoms with van der Waals surface area (Å²) in [5, 5.41) is 10.5. The van der Waals surface area contributed by atoms with Crippen LogP contribution in [0.25, 0.3) is 22.4 Å². The third-order valence-electron chi connectivity index (χ3n) is 5.79. The van der Waals surface area contributed by atoms with Crippen molar-refractivity contribution in [1.29, 1.82) is 0 Å². The van der Waals surface area contributed by atoms with Crippen molar-refractivity contribution in [3.05, 3.63) is 41.6 Å². The zero-order valence-corrected chi connectivity index (χ0v) is 16.0. The number of rotatable bonds is 2. The summed E-state index contributed by atoms with van der Waals surface area (Å²) < 4.78 is 2.07. The number of fused-ring (bicyclic) bond motifs is 2. The molecule has 0 radical (unpaired) electrons. The number of hydrogen-bond donors (Lipinski definition) is 1. The molecule has 140 valence electrons. The molecule has 0 unspecified atom stereocenters. The molecule has 5 rings (SSSR count). The molecular weight excluding hydrogens is 362 g/mol. The van der Waals surface area contributed by atoms with Crippen LogP contribution in [0.15, 0.2) is 36.5 Å². The van der Waals surface area contributed by atoms with Gasteiger partial charge in [-0.15, -0.1) is 0 Å². The van der Waals surface area contributed by atoms with Gasteiger partial charge in [0.15, 0.2) is 0 Å². The zero-order chi connectivity index (χ0) is 18.5. The van der Waals surface area contributed by atoms with E-state index in [2.05, 4.69) is 25.4 Å². The van der Waals surface area contributed by atoms with Gasteiger partial charge in [-0.25, -0.2) is 9.97 Å². The van der Waals surface area contributed by atoms with Crippen molar-refractivity contribution in [3.8, 4) is 11.4 Å². The van der Waals surface area contributed by atoms with Gasteiger partial charge in [-0.05, 0) is 24.6 Å². The molecule has 0 bridgehead atoms. The monoisotopic (exact) mass is 383 g/mol. The van der Waals surface area contributed by atoms with Crippen molar-refractivity contribution in [3.63, 3.8) is 0 Å². The van der Waals surface area contributed by atoms with Crippen molar-refractivity contribution >= 4 is 28.5 Å². The number of aliphatic hydroxyl groups excluding tert-OH is 1. The molecule has 1 N–H and O–H groups in total. The van der Waals surface area contributed by atoms with E-state index in [4.69, 9.17) is 16.6 Å². The molecule has 2 aromatic heterocycles. The number of imidazole rings is 1. The highest BCUT2D eigenvalue weighted by atomic mass is 35.5. The van der Waals surface area contributed by atoms with Gasteiger partial charge in [0.25, 0.3) is 0 Å². The predicted molar refractivity (Wildman–Crippen MR) is 107 cm³/mol. The van der Waals surface area contributed by atoms with E-state index in [1.807, 2.05) is 31.3 Å². The van der Waals surface area contributed by atoms with Crippen molar-refractivity contribution in [2.24, 2.45) is 7.05 Å². The molecule has 2 aliphatic rings. The zero-order valence-electron chi connectivity index (χ0n) is 15.2. The van der Waals surface area contributed by atoms with Crippen LogP contribution in [-0.2, 0) is 7.05 Å². The fourth-order valence-corrected chi connectivity index (χ4v) is 4.57. The Kier molecular flexibility index (Phi) is 4.07. The lowest BCUT2D eigenvalue weighted by atomic mass is 10.1. The molecular formula is C20H22ClN5O. The molecule has 0 aliphatic carbocycles. The van der Waals surface area contributed by atoms with Gasteiger partial charge in [-0.1, -0.05) is 23.7 Å². The van der Waals surface area contributed by atoms with Crippen molar-refractivity contribution in [2.45, 2.75) is 18.6 Å². The number of piperazine rings is 1. The molecule has 2 saturated heterocycles. The third kappa shape index (κ3) is 2.88. The predicted octanol–water partition coefficient (Wildman–Crippen LogP) is 2.54. The number of benzene rings is 1. The summed E-state index contributed by atoms with van der Waals surface area (Å²) in [5.74, 6) is 1.77. The lowest BCUT2D eigenvalue weighted by Crippen LogP contribution is -2.50. The van der Waals surface area contributed by atoms with Crippen LogP contribution in [0.4, 0.5) is 5.82 Å². The Labute approximate surface area is 163 Å².